The predicted octanol–water partition coefficient (Wildman–Crippen LogP) is 5.48. The fourth-order valence-electron chi connectivity index (χ4n) is 2.85. The van der Waals surface area contributed by atoms with Crippen molar-refractivity contribution in [2.75, 3.05) is 12.4 Å². The number of hydrogen-bond donors (Lipinski definition) is 1. The van der Waals surface area contributed by atoms with Crippen LogP contribution in [0.1, 0.15) is 23.6 Å². The molecule has 1 N–H and O–H groups in total. The number of aryl methyl sites for hydroxylation is 1. The summed E-state index contributed by atoms with van der Waals surface area (Å²) in [6, 6.07) is 29.7. The molecule has 2 heteroatoms. The van der Waals surface area contributed by atoms with Crippen molar-refractivity contribution in [2.24, 2.45) is 0 Å². The minimum absolute atomic E-state index is 0.278. The summed E-state index contributed by atoms with van der Waals surface area (Å²) in [7, 11) is 1.69. The van der Waals surface area contributed by atoms with Crippen molar-refractivity contribution in [2.45, 2.75) is 18.9 Å². The van der Waals surface area contributed by atoms with E-state index in [2.05, 4.69) is 78.1 Å². The molecule has 0 heterocycles. The van der Waals surface area contributed by atoms with Gasteiger partial charge in [-0.2, -0.15) is 0 Å². The van der Waals surface area contributed by atoms with E-state index in [1.54, 1.807) is 7.11 Å². The Kier molecular flexibility index (Phi) is 5.52. The summed E-state index contributed by atoms with van der Waals surface area (Å²) in [5.41, 5.74) is 3.79. The minimum Gasteiger partial charge on any atom is -0.497 e. The monoisotopic (exact) mass is 317 g/mol. The van der Waals surface area contributed by atoms with Crippen molar-refractivity contribution in [1.82, 2.24) is 0 Å². The van der Waals surface area contributed by atoms with Crippen LogP contribution in [0, 0.1) is 0 Å². The van der Waals surface area contributed by atoms with Crippen molar-refractivity contribution in [3.8, 4) is 5.75 Å². The molecule has 3 aromatic carbocycles. The second kappa shape index (κ2) is 8.21. The highest BCUT2D eigenvalue weighted by molar-refractivity contribution is 5.48. The van der Waals surface area contributed by atoms with Gasteiger partial charge in [-0.3, -0.25) is 0 Å². The van der Waals surface area contributed by atoms with Gasteiger partial charge >= 0.3 is 0 Å². The van der Waals surface area contributed by atoms with Gasteiger partial charge in [0.05, 0.1) is 13.2 Å². The molecule has 0 amide bonds. The van der Waals surface area contributed by atoms with E-state index in [1.807, 2.05) is 12.1 Å². The Hall–Kier alpha value is -2.74. The van der Waals surface area contributed by atoms with Crippen LogP contribution in [0.15, 0.2) is 84.9 Å². The number of rotatable bonds is 7. The van der Waals surface area contributed by atoms with E-state index in [-0.39, 0.29) is 6.04 Å². The smallest absolute Gasteiger partial charge is 0.119 e. The molecule has 24 heavy (non-hydrogen) atoms. The standard InChI is InChI=1S/C22H23NO/c1-24-21-15-13-20(14-16-21)23-22(19-10-6-3-7-11-19)17-12-18-8-4-2-5-9-18/h2-11,13-16,22-23H,12,17H2,1H3. The first-order valence-corrected chi connectivity index (χ1v) is 8.34. The average molecular weight is 317 g/mol. The lowest BCUT2D eigenvalue weighted by molar-refractivity contribution is 0.415. The zero-order chi connectivity index (χ0) is 16.6. The first kappa shape index (κ1) is 16.1. The zero-order valence-electron chi connectivity index (χ0n) is 14.0. The van der Waals surface area contributed by atoms with Crippen LogP contribution < -0.4 is 10.1 Å². The van der Waals surface area contributed by atoms with E-state index in [0.29, 0.717) is 0 Å². The summed E-state index contributed by atoms with van der Waals surface area (Å²) in [6.07, 6.45) is 2.09. The Morgan fingerprint density at radius 3 is 2.04 bits per heavy atom. The highest BCUT2D eigenvalue weighted by Crippen LogP contribution is 2.25. The molecule has 0 spiro atoms. The van der Waals surface area contributed by atoms with Gasteiger partial charge in [0.2, 0.25) is 0 Å². The van der Waals surface area contributed by atoms with Crippen LogP contribution in [0.4, 0.5) is 5.69 Å². The molecule has 0 saturated carbocycles. The van der Waals surface area contributed by atoms with Crippen molar-refractivity contribution in [3.05, 3.63) is 96.1 Å². The summed E-state index contributed by atoms with van der Waals surface area (Å²) in [5.74, 6) is 0.876. The molecule has 3 aromatic rings. The number of ether oxygens (including phenoxy) is 1. The van der Waals surface area contributed by atoms with Gasteiger partial charge in [-0.05, 0) is 48.2 Å². The highest BCUT2D eigenvalue weighted by atomic mass is 16.5. The van der Waals surface area contributed by atoms with Crippen LogP contribution in [0.2, 0.25) is 0 Å². The zero-order valence-corrected chi connectivity index (χ0v) is 14.0. The summed E-state index contributed by atoms with van der Waals surface area (Å²) >= 11 is 0. The lowest BCUT2D eigenvalue weighted by atomic mass is 9.98. The topological polar surface area (TPSA) is 21.3 Å². The van der Waals surface area contributed by atoms with Gasteiger partial charge < -0.3 is 10.1 Å². The molecule has 2 nitrogen and oxygen atoms in total. The summed E-state index contributed by atoms with van der Waals surface area (Å²) in [4.78, 5) is 0. The van der Waals surface area contributed by atoms with Crippen LogP contribution in [0.5, 0.6) is 5.75 Å². The van der Waals surface area contributed by atoms with E-state index >= 15 is 0 Å². The maximum atomic E-state index is 5.24. The molecule has 0 fully saturated rings. The fraction of sp³-hybridized carbons (Fsp3) is 0.182. The number of hydrogen-bond acceptors (Lipinski definition) is 2. The number of benzene rings is 3. The molecular formula is C22H23NO. The Morgan fingerprint density at radius 2 is 1.42 bits per heavy atom. The third-order valence-corrected chi connectivity index (χ3v) is 4.20. The maximum absolute atomic E-state index is 5.24. The van der Waals surface area contributed by atoms with Gasteiger partial charge in [-0.1, -0.05) is 60.7 Å². The SMILES string of the molecule is COc1ccc(NC(CCc2ccccc2)c2ccccc2)cc1. The van der Waals surface area contributed by atoms with Crippen molar-refractivity contribution in [1.29, 1.82) is 0 Å². The number of nitrogens with one attached hydrogen (secondary N) is 1. The van der Waals surface area contributed by atoms with E-state index in [4.69, 9.17) is 4.74 Å². The predicted molar refractivity (Wildman–Crippen MR) is 101 cm³/mol. The van der Waals surface area contributed by atoms with Crippen LogP contribution in [-0.2, 0) is 6.42 Å². The lowest BCUT2D eigenvalue weighted by Crippen LogP contribution is -2.12. The molecule has 1 unspecified atom stereocenters. The third-order valence-electron chi connectivity index (χ3n) is 4.20. The molecular weight excluding hydrogens is 294 g/mol. The van der Waals surface area contributed by atoms with Gasteiger partial charge in [0.15, 0.2) is 0 Å². The molecule has 0 saturated heterocycles. The van der Waals surface area contributed by atoms with Gasteiger partial charge in [0.25, 0.3) is 0 Å². The van der Waals surface area contributed by atoms with Crippen molar-refractivity contribution >= 4 is 5.69 Å². The lowest BCUT2D eigenvalue weighted by Gasteiger charge is -2.21. The highest BCUT2D eigenvalue weighted by Gasteiger charge is 2.11. The Balaban J connectivity index is 1.74. The van der Waals surface area contributed by atoms with Crippen molar-refractivity contribution < 1.29 is 4.74 Å². The molecule has 1 atom stereocenters. The number of methoxy groups -OCH3 is 1. The van der Waals surface area contributed by atoms with Crippen molar-refractivity contribution in [3.63, 3.8) is 0 Å². The van der Waals surface area contributed by atoms with Crippen LogP contribution in [0.3, 0.4) is 0 Å². The summed E-state index contributed by atoms with van der Waals surface area (Å²) in [6.45, 7) is 0. The Labute approximate surface area is 144 Å². The molecule has 0 aliphatic heterocycles. The molecule has 0 aliphatic rings. The van der Waals surface area contributed by atoms with Crippen LogP contribution >= 0.6 is 0 Å². The quantitative estimate of drug-likeness (QED) is 0.623. The Morgan fingerprint density at radius 1 is 0.792 bits per heavy atom. The molecule has 122 valence electrons. The number of anilines is 1. The summed E-state index contributed by atoms with van der Waals surface area (Å²) < 4.78 is 5.24. The van der Waals surface area contributed by atoms with Gasteiger partial charge in [-0.15, -0.1) is 0 Å². The van der Waals surface area contributed by atoms with Gasteiger partial charge in [-0.25, -0.2) is 0 Å². The molecule has 0 aliphatic carbocycles. The molecule has 0 aromatic heterocycles. The largest absolute Gasteiger partial charge is 0.497 e. The fourth-order valence-corrected chi connectivity index (χ4v) is 2.85. The van der Waals surface area contributed by atoms with E-state index in [9.17, 15) is 0 Å². The molecule has 0 radical (unpaired) electrons. The van der Waals surface area contributed by atoms with E-state index in [0.717, 1.165) is 24.3 Å². The second-order valence-electron chi connectivity index (χ2n) is 5.86. The van der Waals surface area contributed by atoms with Crippen LogP contribution in [-0.4, -0.2) is 7.11 Å². The van der Waals surface area contributed by atoms with E-state index < -0.39 is 0 Å². The molecule has 0 bridgehead atoms. The van der Waals surface area contributed by atoms with Crippen LogP contribution in [0.25, 0.3) is 0 Å². The average Bonchev–Trinajstić information content (AvgIpc) is 2.67. The van der Waals surface area contributed by atoms with Gasteiger partial charge in [0, 0.05) is 5.69 Å². The molecule has 3 rings (SSSR count). The third kappa shape index (κ3) is 4.39. The second-order valence-corrected chi connectivity index (χ2v) is 5.86. The normalized spacial score (nSPS) is 11.7. The first-order valence-electron chi connectivity index (χ1n) is 8.34. The Bertz CT molecular complexity index is 723. The maximum Gasteiger partial charge on any atom is 0.119 e. The minimum atomic E-state index is 0.278. The van der Waals surface area contributed by atoms with Gasteiger partial charge in [0.1, 0.15) is 5.75 Å². The first-order chi connectivity index (χ1) is 11.8. The summed E-state index contributed by atoms with van der Waals surface area (Å²) in [5, 5.41) is 3.66. The van der Waals surface area contributed by atoms with E-state index in [1.165, 1.54) is 11.1 Å².